The van der Waals surface area contributed by atoms with Gasteiger partial charge < -0.3 is 5.11 Å². The zero-order valence-electron chi connectivity index (χ0n) is 18.2. The summed E-state index contributed by atoms with van der Waals surface area (Å²) in [4.78, 5) is 9.40. The Bertz CT molecular complexity index is 1160. The van der Waals surface area contributed by atoms with Crippen molar-refractivity contribution in [1.29, 1.82) is 0 Å². The highest BCUT2D eigenvalue weighted by Gasteiger charge is 2.15. The molecule has 0 aliphatic carbocycles. The predicted molar refractivity (Wildman–Crippen MR) is 126 cm³/mol. The summed E-state index contributed by atoms with van der Waals surface area (Å²) in [6, 6.07) is 16.6. The Balaban J connectivity index is 1.64. The normalized spacial score (nSPS) is 11.1. The van der Waals surface area contributed by atoms with Crippen LogP contribution in [0.4, 0.5) is 0 Å². The van der Waals surface area contributed by atoms with Gasteiger partial charge in [0.1, 0.15) is 10.9 Å². The van der Waals surface area contributed by atoms with E-state index in [0.29, 0.717) is 11.6 Å². The molecule has 164 valence electrons. The van der Waals surface area contributed by atoms with Crippen molar-refractivity contribution in [1.82, 2.24) is 30.6 Å². The summed E-state index contributed by atoms with van der Waals surface area (Å²) in [6.07, 6.45) is 2.71. The van der Waals surface area contributed by atoms with Crippen molar-refractivity contribution < 1.29 is 5.11 Å². The van der Waals surface area contributed by atoms with Crippen LogP contribution in [0, 0.1) is 6.92 Å². The van der Waals surface area contributed by atoms with E-state index in [1.165, 1.54) is 5.56 Å². The lowest BCUT2D eigenvalue weighted by Gasteiger charge is -2.14. The molecule has 0 bridgehead atoms. The van der Waals surface area contributed by atoms with E-state index in [1.807, 2.05) is 25.1 Å². The molecule has 4 rings (SSSR count). The minimum atomic E-state index is 0.130. The standard InChI is InChI=1S/C24H26N6OS/c1-3-6-22-21(24(32-14-13-31)26-16(2)25-22)15-17-9-11-18(12-10-17)19-7-4-5-8-20(19)23-27-29-30-28-23/h4-5,7-12,31H,3,6,13-15H2,1-2H3,(H,27,28,29,30). The number of aromatic nitrogens is 6. The fourth-order valence-electron chi connectivity index (χ4n) is 3.72. The number of rotatable bonds is 9. The lowest BCUT2D eigenvalue weighted by Crippen LogP contribution is -2.07. The van der Waals surface area contributed by atoms with Gasteiger partial charge >= 0.3 is 0 Å². The average molecular weight is 447 g/mol. The molecule has 0 saturated carbocycles. The Morgan fingerprint density at radius 3 is 2.47 bits per heavy atom. The molecule has 0 radical (unpaired) electrons. The molecule has 2 N–H and O–H groups in total. The largest absolute Gasteiger partial charge is 0.396 e. The molecule has 0 amide bonds. The first-order valence-corrected chi connectivity index (χ1v) is 11.7. The number of hydrogen-bond donors (Lipinski definition) is 2. The summed E-state index contributed by atoms with van der Waals surface area (Å²) >= 11 is 1.60. The zero-order chi connectivity index (χ0) is 22.3. The molecule has 0 aliphatic heterocycles. The predicted octanol–water partition coefficient (Wildman–Crippen LogP) is 4.26. The molecule has 0 atom stereocenters. The second-order valence-corrected chi connectivity index (χ2v) is 8.56. The van der Waals surface area contributed by atoms with Crippen molar-refractivity contribution in [3.05, 3.63) is 71.2 Å². The Morgan fingerprint density at radius 2 is 1.78 bits per heavy atom. The number of H-pyrrole nitrogens is 1. The van der Waals surface area contributed by atoms with E-state index in [1.54, 1.807) is 11.8 Å². The lowest BCUT2D eigenvalue weighted by atomic mass is 9.96. The van der Waals surface area contributed by atoms with Gasteiger partial charge in [0.05, 0.1) is 6.61 Å². The molecule has 2 heterocycles. The highest BCUT2D eigenvalue weighted by atomic mass is 32.2. The fraction of sp³-hybridized carbons (Fsp3) is 0.292. The average Bonchev–Trinajstić information content (AvgIpc) is 3.35. The monoisotopic (exact) mass is 446 g/mol. The molecule has 0 fully saturated rings. The van der Waals surface area contributed by atoms with Gasteiger partial charge in [0.25, 0.3) is 0 Å². The third-order valence-corrected chi connectivity index (χ3v) is 6.14. The summed E-state index contributed by atoms with van der Waals surface area (Å²) in [5, 5.41) is 24.8. The maximum absolute atomic E-state index is 9.30. The molecule has 8 heteroatoms. The number of tetrazole rings is 1. The van der Waals surface area contributed by atoms with Crippen molar-refractivity contribution in [3.63, 3.8) is 0 Å². The molecule has 0 spiro atoms. The van der Waals surface area contributed by atoms with E-state index in [9.17, 15) is 5.11 Å². The van der Waals surface area contributed by atoms with Gasteiger partial charge in [0, 0.05) is 29.0 Å². The maximum Gasteiger partial charge on any atom is 0.205 e. The number of nitrogens with one attached hydrogen (secondary N) is 1. The second kappa shape index (κ2) is 10.5. The van der Waals surface area contributed by atoms with Crippen molar-refractivity contribution in [3.8, 4) is 22.5 Å². The van der Waals surface area contributed by atoms with E-state index in [2.05, 4.69) is 62.9 Å². The van der Waals surface area contributed by atoms with E-state index >= 15 is 0 Å². The topological polar surface area (TPSA) is 100 Å². The third-order valence-electron chi connectivity index (χ3n) is 5.14. The van der Waals surface area contributed by atoms with Gasteiger partial charge in [0.15, 0.2) is 0 Å². The number of aromatic amines is 1. The van der Waals surface area contributed by atoms with Crippen LogP contribution < -0.4 is 0 Å². The molecular formula is C24H26N6OS. The molecule has 0 saturated heterocycles. The first-order valence-electron chi connectivity index (χ1n) is 10.7. The van der Waals surface area contributed by atoms with Crippen LogP contribution in [0.3, 0.4) is 0 Å². The minimum absolute atomic E-state index is 0.130. The van der Waals surface area contributed by atoms with Gasteiger partial charge in [-0.15, -0.1) is 22.0 Å². The van der Waals surface area contributed by atoms with E-state index in [0.717, 1.165) is 58.1 Å². The quantitative estimate of drug-likeness (QED) is 0.293. The van der Waals surface area contributed by atoms with Crippen LogP contribution in [0.1, 0.15) is 36.0 Å². The van der Waals surface area contributed by atoms with Crippen LogP contribution in [0.5, 0.6) is 0 Å². The van der Waals surface area contributed by atoms with Crippen LogP contribution >= 0.6 is 11.8 Å². The van der Waals surface area contributed by atoms with Gasteiger partial charge in [-0.25, -0.2) is 9.97 Å². The number of nitrogens with zero attached hydrogens (tertiary/aromatic N) is 5. The summed E-state index contributed by atoms with van der Waals surface area (Å²) < 4.78 is 0. The Kier molecular flexibility index (Phi) is 7.24. The highest BCUT2D eigenvalue weighted by molar-refractivity contribution is 7.99. The smallest absolute Gasteiger partial charge is 0.205 e. The van der Waals surface area contributed by atoms with Crippen molar-refractivity contribution in [2.45, 2.75) is 38.1 Å². The summed E-state index contributed by atoms with van der Waals surface area (Å²) in [6.45, 7) is 4.23. The second-order valence-electron chi connectivity index (χ2n) is 7.48. The van der Waals surface area contributed by atoms with Crippen LogP contribution in [0.25, 0.3) is 22.5 Å². The van der Waals surface area contributed by atoms with Crippen molar-refractivity contribution in [2.75, 3.05) is 12.4 Å². The van der Waals surface area contributed by atoms with Crippen LogP contribution in [0.2, 0.25) is 0 Å². The lowest BCUT2D eigenvalue weighted by molar-refractivity contribution is 0.322. The molecule has 32 heavy (non-hydrogen) atoms. The number of aliphatic hydroxyl groups is 1. The van der Waals surface area contributed by atoms with Crippen molar-refractivity contribution >= 4 is 11.8 Å². The first-order chi connectivity index (χ1) is 15.7. The molecule has 0 aliphatic rings. The van der Waals surface area contributed by atoms with E-state index < -0.39 is 0 Å². The SMILES string of the molecule is CCCc1nc(C)nc(SCCO)c1Cc1ccc(-c2ccccc2-c2nn[nH]n2)cc1. The Morgan fingerprint density at radius 1 is 1.00 bits per heavy atom. The van der Waals surface area contributed by atoms with Crippen molar-refractivity contribution in [2.24, 2.45) is 0 Å². The number of benzene rings is 2. The van der Waals surface area contributed by atoms with Gasteiger partial charge in [-0.2, -0.15) is 5.21 Å². The number of aryl methyl sites for hydroxylation is 2. The van der Waals surface area contributed by atoms with Gasteiger partial charge in [0.2, 0.25) is 5.82 Å². The Hall–Kier alpha value is -3.10. The fourth-order valence-corrected chi connectivity index (χ4v) is 4.57. The Labute approximate surface area is 191 Å². The first kappa shape index (κ1) is 22.1. The summed E-state index contributed by atoms with van der Waals surface area (Å²) in [5.41, 5.74) is 6.56. The van der Waals surface area contributed by atoms with Crippen LogP contribution in [0.15, 0.2) is 53.6 Å². The number of aliphatic hydroxyl groups excluding tert-OH is 1. The third kappa shape index (κ3) is 5.03. The van der Waals surface area contributed by atoms with Crippen LogP contribution in [-0.2, 0) is 12.8 Å². The zero-order valence-corrected chi connectivity index (χ0v) is 19.1. The molecule has 4 aromatic rings. The minimum Gasteiger partial charge on any atom is -0.396 e. The molecule has 7 nitrogen and oxygen atoms in total. The van der Waals surface area contributed by atoms with Gasteiger partial charge in [-0.3, -0.25) is 0 Å². The van der Waals surface area contributed by atoms with E-state index in [4.69, 9.17) is 4.98 Å². The van der Waals surface area contributed by atoms with E-state index in [-0.39, 0.29) is 6.61 Å². The number of thioether (sulfide) groups is 1. The van der Waals surface area contributed by atoms with Gasteiger partial charge in [-0.05, 0) is 35.2 Å². The maximum atomic E-state index is 9.30. The molecular weight excluding hydrogens is 420 g/mol. The highest BCUT2D eigenvalue weighted by Crippen LogP contribution is 2.31. The number of hydrogen-bond acceptors (Lipinski definition) is 7. The molecule has 2 aromatic heterocycles. The molecule has 0 unspecified atom stereocenters. The molecule has 2 aromatic carbocycles. The summed E-state index contributed by atoms with van der Waals surface area (Å²) in [5.74, 6) is 1.99. The summed E-state index contributed by atoms with van der Waals surface area (Å²) in [7, 11) is 0. The van der Waals surface area contributed by atoms with Crippen LogP contribution in [-0.4, -0.2) is 48.1 Å². The van der Waals surface area contributed by atoms with Gasteiger partial charge in [-0.1, -0.05) is 61.9 Å².